The zero-order valence-corrected chi connectivity index (χ0v) is 26.5. The van der Waals surface area contributed by atoms with Crippen molar-refractivity contribution in [1.29, 1.82) is 0 Å². The summed E-state index contributed by atoms with van der Waals surface area (Å²) < 4.78 is 47.8. The first-order chi connectivity index (χ1) is 21.4. The molecule has 0 aliphatic carbocycles. The molecule has 1 fully saturated rings. The molecule has 45 heavy (non-hydrogen) atoms. The lowest BCUT2D eigenvalue weighted by molar-refractivity contribution is -0.145. The van der Waals surface area contributed by atoms with Gasteiger partial charge in [-0.05, 0) is 39.7 Å². The quantitative estimate of drug-likeness (QED) is 0.158. The Hall–Kier alpha value is -3.50. The Morgan fingerprint density at radius 3 is 2.53 bits per heavy atom. The highest BCUT2D eigenvalue weighted by Crippen LogP contribution is 2.47. The predicted molar refractivity (Wildman–Crippen MR) is 157 cm³/mol. The van der Waals surface area contributed by atoms with Crippen molar-refractivity contribution < 1.29 is 52.4 Å². The van der Waals surface area contributed by atoms with E-state index in [9.17, 15) is 24.4 Å². The largest absolute Gasteiger partial charge is 0.479 e. The number of rotatable bonds is 15. The number of aromatic nitrogens is 4. The first kappa shape index (κ1) is 34.4. The maximum atomic E-state index is 14.0. The second kappa shape index (κ2) is 14.7. The van der Waals surface area contributed by atoms with E-state index in [1.165, 1.54) is 24.9 Å². The van der Waals surface area contributed by atoms with E-state index in [-0.39, 0.29) is 31.2 Å². The summed E-state index contributed by atoms with van der Waals surface area (Å²) in [6.07, 6.45) is -2.63. The standard InChI is InChI=1S/C28H38N5O11P/c1-6-40-21(34)15-43-45(38,32-19(26(36)41-7-2)13-18-11-9-8-10-12-18)42-14-20-23(35)28(4,37)27(44-20)33-16-29-22-24(33)30-17(3)31-25(22)39-5/h8-12,16,19-20,23,27,35,37H,6-7,13-15H2,1-5H3,(H,32,38)/t19-,20+,23?,27+,28-,45?/m0/s1. The molecule has 3 aromatic rings. The van der Waals surface area contributed by atoms with Crippen molar-refractivity contribution in [2.75, 3.05) is 33.5 Å². The first-order valence-corrected chi connectivity index (χ1v) is 15.8. The third kappa shape index (κ3) is 8.02. The topological polar surface area (TPSA) is 203 Å². The van der Waals surface area contributed by atoms with E-state index in [2.05, 4.69) is 20.0 Å². The molecule has 4 rings (SSSR count). The van der Waals surface area contributed by atoms with Crippen molar-refractivity contribution in [3.05, 3.63) is 48.0 Å². The van der Waals surface area contributed by atoms with Gasteiger partial charge in [0.2, 0.25) is 5.88 Å². The summed E-state index contributed by atoms with van der Waals surface area (Å²) in [6.45, 7) is 4.97. The predicted octanol–water partition coefficient (Wildman–Crippen LogP) is 1.62. The van der Waals surface area contributed by atoms with E-state index >= 15 is 0 Å². The Kier molecular flexibility index (Phi) is 11.3. The zero-order chi connectivity index (χ0) is 32.8. The van der Waals surface area contributed by atoms with Crippen molar-refractivity contribution in [2.45, 2.75) is 64.2 Å². The fourth-order valence-corrected chi connectivity index (χ4v) is 6.20. The maximum Gasteiger partial charge on any atom is 0.406 e. The van der Waals surface area contributed by atoms with Gasteiger partial charge < -0.3 is 29.2 Å². The van der Waals surface area contributed by atoms with Crippen LogP contribution in [0.15, 0.2) is 36.7 Å². The summed E-state index contributed by atoms with van der Waals surface area (Å²) in [5.41, 5.74) is -0.600. The van der Waals surface area contributed by atoms with Crippen LogP contribution in [-0.2, 0) is 43.8 Å². The Morgan fingerprint density at radius 1 is 1.16 bits per heavy atom. The van der Waals surface area contributed by atoms with Crippen molar-refractivity contribution in [3.63, 3.8) is 0 Å². The monoisotopic (exact) mass is 651 g/mol. The van der Waals surface area contributed by atoms with E-state index < -0.39 is 63.0 Å². The number of methoxy groups -OCH3 is 1. The molecule has 16 nitrogen and oxygen atoms in total. The molecular formula is C28H38N5O11P. The number of benzene rings is 1. The minimum absolute atomic E-state index is 0.0492. The van der Waals surface area contributed by atoms with Gasteiger partial charge in [0.25, 0.3) is 0 Å². The molecule has 0 amide bonds. The number of aliphatic hydroxyl groups excluding tert-OH is 1. The molecule has 17 heteroatoms. The highest BCUT2D eigenvalue weighted by Gasteiger charge is 2.54. The van der Waals surface area contributed by atoms with Gasteiger partial charge in [-0.3, -0.25) is 18.4 Å². The molecule has 3 heterocycles. The Bertz CT molecular complexity index is 1520. The number of esters is 2. The summed E-state index contributed by atoms with van der Waals surface area (Å²) in [5.74, 6) is -0.966. The van der Waals surface area contributed by atoms with Gasteiger partial charge in [0.15, 0.2) is 24.0 Å². The van der Waals surface area contributed by atoms with E-state index in [1.54, 1.807) is 51.1 Å². The molecule has 1 saturated heterocycles. The molecule has 1 aromatic carbocycles. The van der Waals surface area contributed by atoms with Crippen molar-refractivity contribution in [3.8, 4) is 5.88 Å². The van der Waals surface area contributed by atoms with Gasteiger partial charge in [-0.1, -0.05) is 30.3 Å². The van der Waals surface area contributed by atoms with Crippen molar-refractivity contribution >= 4 is 30.8 Å². The number of fused-ring (bicyclic) bond motifs is 1. The number of nitrogens with one attached hydrogen (secondary N) is 1. The minimum atomic E-state index is -4.51. The van der Waals surface area contributed by atoms with Crippen LogP contribution in [-0.4, -0.2) is 99.1 Å². The maximum absolute atomic E-state index is 14.0. The normalized spacial score (nSPS) is 23.4. The van der Waals surface area contributed by atoms with Crippen LogP contribution in [0.25, 0.3) is 11.2 Å². The molecule has 0 radical (unpaired) electrons. The summed E-state index contributed by atoms with van der Waals surface area (Å²) in [5, 5.41) is 25.0. The van der Waals surface area contributed by atoms with E-state index in [4.69, 9.17) is 28.0 Å². The zero-order valence-electron chi connectivity index (χ0n) is 25.6. The molecule has 6 atom stereocenters. The van der Waals surface area contributed by atoms with E-state index in [0.29, 0.717) is 11.3 Å². The number of nitrogens with zero attached hydrogens (tertiary/aromatic N) is 4. The highest BCUT2D eigenvalue weighted by atomic mass is 31.2. The fraction of sp³-hybridized carbons (Fsp3) is 0.536. The molecule has 0 saturated carbocycles. The van der Waals surface area contributed by atoms with E-state index in [1.807, 2.05) is 0 Å². The Morgan fingerprint density at radius 2 is 1.87 bits per heavy atom. The van der Waals surface area contributed by atoms with Gasteiger partial charge >= 0.3 is 19.7 Å². The molecule has 1 aliphatic heterocycles. The van der Waals surface area contributed by atoms with Gasteiger partial charge in [0.05, 0.1) is 33.3 Å². The highest BCUT2D eigenvalue weighted by molar-refractivity contribution is 7.51. The molecule has 3 N–H and O–H groups in total. The van der Waals surface area contributed by atoms with Crippen molar-refractivity contribution in [2.24, 2.45) is 0 Å². The number of aryl methyl sites for hydroxylation is 1. The van der Waals surface area contributed by atoms with Crippen LogP contribution in [0.4, 0.5) is 0 Å². The lowest BCUT2D eigenvalue weighted by Crippen LogP contribution is -2.44. The molecule has 2 aromatic heterocycles. The lowest BCUT2D eigenvalue weighted by atomic mass is 9.96. The van der Waals surface area contributed by atoms with Crippen LogP contribution in [0, 0.1) is 6.92 Å². The molecule has 246 valence electrons. The average Bonchev–Trinajstić information content (AvgIpc) is 3.52. The Labute approximate surface area is 259 Å². The second-order valence-corrected chi connectivity index (χ2v) is 12.1. The summed E-state index contributed by atoms with van der Waals surface area (Å²) in [4.78, 5) is 37.8. The average molecular weight is 652 g/mol. The number of hydrogen-bond acceptors (Lipinski definition) is 14. The van der Waals surface area contributed by atoms with Crippen LogP contribution in [0.2, 0.25) is 0 Å². The van der Waals surface area contributed by atoms with Gasteiger partial charge in [-0.15, -0.1) is 0 Å². The number of carbonyl (C=O) groups is 2. The van der Waals surface area contributed by atoms with Crippen LogP contribution < -0.4 is 9.82 Å². The molecule has 2 unspecified atom stereocenters. The summed E-state index contributed by atoms with van der Waals surface area (Å²) in [6, 6.07) is 7.69. The SMILES string of the molecule is CCOC(=O)COP(=O)(N[C@@H](Cc1ccccc1)C(=O)OCC)OC[C@H]1O[C@@H](n2cnc3c(OC)nc(C)nc32)[C@@](C)(O)C1O. The number of carbonyl (C=O) groups excluding carboxylic acids is 2. The lowest BCUT2D eigenvalue weighted by Gasteiger charge is -2.27. The summed E-state index contributed by atoms with van der Waals surface area (Å²) in [7, 11) is -3.07. The van der Waals surface area contributed by atoms with Crippen LogP contribution in [0.3, 0.4) is 0 Å². The third-order valence-electron chi connectivity index (χ3n) is 6.94. The number of imidazole rings is 1. The molecule has 0 spiro atoms. The molecule has 1 aliphatic rings. The fourth-order valence-electron chi connectivity index (χ4n) is 4.77. The molecular weight excluding hydrogens is 613 g/mol. The number of aliphatic hydroxyl groups is 2. The first-order valence-electron chi connectivity index (χ1n) is 14.3. The summed E-state index contributed by atoms with van der Waals surface area (Å²) >= 11 is 0. The van der Waals surface area contributed by atoms with Gasteiger partial charge in [-0.25, -0.2) is 24.4 Å². The second-order valence-electron chi connectivity index (χ2n) is 10.3. The van der Waals surface area contributed by atoms with Gasteiger partial charge in [0, 0.05) is 0 Å². The molecule has 0 bridgehead atoms. The van der Waals surface area contributed by atoms with Gasteiger partial charge in [-0.2, -0.15) is 4.98 Å². The van der Waals surface area contributed by atoms with Gasteiger partial charge in [0.1, 0.15) is 29.7 Å². The Balaban J connectivity index is 1.58. The third-order valence-corrected chi connectivity index (χ3v) is 8.52. The number of ether oxygens (including phenoxy) is 4. The number of hydrogen-bond donors (Lipinski definition) is 3. The van der Waals surface area contributed by atoms with E-state index in [0.717, 1.165) is 5.56 Å². The smallest absolute Gasteiger partial charge is 0.406 e. The van der Waals surface area contributed by atoms with Crippen LogP contribution in [0.5, 0.6) is 5.88 Å². The van der Waals surface area contributed by atoms with Crippen LogP contribution in [0.1, 0.15) is 38.4 Å². The van der Waals surface area contributed by atoms with Crippen molar-refractivity contribution in [1.82, 2.24) is 24.6 Å². The minimum Gasteiger partial charge on any atom is -0.479 e. The van der Waals surface area contributed by atoms with Crippen LogP contribution >= 0.6 is 7.75 Å².